The molecular formula is C23H27ClN4O2. The summed E-state index contributed by atoms with van der Waals surface area (Å²) in [7, 11) is 0. The van der Waals surface area contributed by atoms with Crippen LogP contribution in [0.2, 0.25) is 0 Å². The maximum atomic E-state index is 13.1. The first-order valence-corrected chi connectivity index (χ1v) is 9.92. The predicted molar refractivity (Wildman–Crippen MR) is 120 cm³/mol. The first-order chi connectivity index (χ1) is 14.0. The molecule has 2 unspecified atom stereocenters. The largest absolute Gasteiger partial charge is 0.391 e. The van der Waals surface area contributed by atoms with Gasteiger partial charge in [-0.15, -0.1) is 12.4 Å². The second kappa shape index (κ2) is 9.43. The van der Waals surface area contributed by atoms with Crippen LogP contribution in [-0.4, -0.2) is 46.5 Å². The van der Waals surface area contributed by atoms with Gasteiger partial charge in [-0.1, -0.05) is 42.0 Å². The number of carbonyl (C=O) groups excluding carboxylic acids is 1. The Hall–Kier alpha value is -2.67. The first-order valence-electron chi connectivity index (χ1n) is 9.92. The van der Waals surface area contributed by atoms with Crippen LogP contribution in [0.1, 0.15) is 21.5 Å². The number of carbonyl (C=O) groups is 1. The summed E-state index contributed by atoms with van der Waals surface area (Å²) in [4.78, 5) is 13.1. The van der Waals surface area contributed by atoms with Crippen LogP contribution in [0, 0.1) is 19.8 Å². The highest BCUT2D eigenvalue weighted by Crippen LogP contribution is 2.27. The lowest BCUT2D eigenvalue weighted by atomic mass is 10.00. The Labute approximate surface area is 182 Å². The number of aromatic nitrogens is 2. The van der Waals surface area contributed by atoms with E-state index in [1.807, 2.05) is 56.3 Å². The number of para-hydroxylation sites is 1. The van der Waals surface area contributed by atoms with E-state index in [4.69, 9.17) is 5.10 Å². The molecule has 158 valence electrons. The number of hydrogen-bond donors (Lipinski definition) is 3. The fourth-order valence-corrected chi connectivity index (χ4v) is 3.78. The van der Waals surface area contributed by atoms with Gasteiger partial charge in [0, 0.05) is 37.3 Å². The Kier molecular flexibility index (Phi) is 6.92. The minimum atomic E-state index is -0.429. The van der Waals surface area contributed by atoms with Crippen LogP contribution in [0.25, 0.3) is 16.9 Å². The van der Waals surface area contributed by atoms with Crippen molar-refractivity contribution < 1.29 is 9.90 Å². The lowest BCUT2D eigenvalue weighted by Crippen LogP contribution is -2.34. The second-order valence-corrected chi connectivity index (χ2v) is 7.69. The van der Waals surface area contributed by atoms with Crippen molar-refractivity contribution in [3.05, 3.63) is 71.4 Å². The Morgan fingerprint density at radius 3 is 2.63 bits per heavy atom. The van der Waals surface area contributed by atoms with Crippen LogP contribution in [0.5, 0.6) is 0 Å². The zero-order valence-electron chi connectivity index (χ0n) is 17.1. The molecule has 4 rings (SSSR count). The maximum absolute atomic E-state index is 13.1. The third kappa shape index (κ3) is 4.56. The molecule has 0 bridgehead atoms. The van der Waals surface area contributed by atoms with E-state index in [0.29, 0.717) is 30.9 Å². The van der Waals surface area contributed by atoms with E-state index >= 15 is 0 Å². The van der Waals surface area contributed by atoms with Gasteiger partial charge >= 0.3 is 0 Å². The van der Waals surface area contributed by atoms with Gasteiger partial charge in [-0.25, -0.2) is 4.68 Å². The molecule has 3 N–H and O–H groups in total. The Morgan fingerprint density at radius 1 is 1.20 bits per heavy atom. The molecule has 2 aromatic carbocycles. The van der Waals surface area contributed by atoms with E-state index in [9.17, 15) is 9.90 Å². The monoisotopic (exact) mass is 426 g/mol. The quantitative estimate of drug-likeness (QED) is 0.586. The molecule has 2 atom stereocenters. The standard InChI is InChI=1S/C23H26N4O2.ClH/c1-15-8-9-19(16(2)10-15)22-20(14-27(26-22)18-6-4-3-5-7-18)23(29)25-12-17-11-24-13-21(17)28;/h3-10,14,17,21,24,28H,11-13H2,1-2H3,(H,25,29);1H. The number of aliphatic hydroxyl groups is 1. The zero-order valence-corrected chi connectivity index (χ0v) is 17.9. The Morgan fingerprint density at radius 2 is 1.97 bits per heavy atom. The molecule has 0 spiro atoms. The molecule has 1 amide bonds. The van der Waals surface area contributed by atoms with Gasteiger partial charge in [0.15, 0.2) is 0 Å². The maximum Gasteiger partial charge on any atom is 0.255 e. The average molecular weight is 427 g/mol. The highest BCUT2D eigenvalue weighted by Gasteiger charge is 2.26. The predicted octanol–water partition coefficient (Wildman–Crippen LogP) is 2.89. The number of halogens is 1. The lowest BCUT2D eigenvalue weighted by Gasteiger charge is -2.14. The van der Waals surface area contributed by atoms with Crippen LogP contribution < -0.4 is 10.6 Å². The third-order valence-corrected chi connectivity index (χ3v) is 5.45. The van der Waals surface area contributed by atoms with E-state index in [-0.39, 0.29) is 24.2 Å². The van der Waals surface area contributed by atoms with E-state index in [0.717, 1.165) is 16.8 Å². The number of nitrogens with zero attached hydrogens (tertiary/aromatic N) is 2. The highest BCUT2D eigenvalue weighted by molar-refractivity contribution is 6.00. The van der Waals surface area contributed by atoms with Gasteiger partial charge in [0.25, 0.3) is 5.91 Å². The van der Waals surface area contributed by atoms with Gasteiger partial charge in [0.1, 0.15) is 5.69 Å². The van der Waals surface area contributed by atoms with E-state index in [2.05, 4.69) is 16.7 Å². The van der Waals surface area contributed by atoms with Gasteiger partial charge in [-0.2, -0.15) is 5.10 Å². The van der Waals surface area contributed by atoms with Crippen molar-refractivity contribution in [1.82, 2.24) is 20.4 Å². The minimum Gasteiger partial charge on any atom is -0.391 e. The summed E-state index contributed by atoms with van der Waals surface area (Å²) in [5.41, 5.74) is 5.27. The average Bonchev–Trinajstić information content (AvgIpc) is 3.33. The smallest absolute Gasteiger partial charge is 0.255 e. The third-order valence-electron chi connectivity index (χ3n) is 5.45. The van der Waals surface area contributed by atoms with Crippen LogP contribution >= 0.6 is 12.4 Å². The number of aliphatic hydroxyl groups excluding tert-OH is 1. The molecule has 1 aromatic heterocycles. The number of amides is 1. The van der Waals surface area contributed by atoms with Crippen LogP contribution in [0.4, 0.5) is 0 Å². The summed E-state index contributed by atoms with van der Waals surface area (Å²) >= 11 is 0. The van der Waals surface area contributed by atoms with Gasteiger partial charge in [0.05, 0.1) is 17.4 Å². The first kappa shape index (κ1) is 22.0. The summed E-state index contributed by atoms with van der Waals surface area (Å²) < 4.78 is 1.75. The summed E-state index contributed by atoms with van der Waals surface area (Å²) in [5.74, 6) is -0.158. The van der Waals surface area contributed by atoms with E-state index in [1.165, 1.54) is 5.56 Å². The number of aryl methyl sites for hydroxylation is 2. The molecule has 7 heteroatoms. The topological polar surface area (TPSA) is 79.2 Å². The van der Waals surface area contributed by atoms with Crippen LogP contribution in [0.3, 0.4) is 0 Å². The number of benzene rings is 2. The normalized spacial score (nSPS) is 18.1. The number of hydrogen-bond acceptors (Lipinski definition) is 4. The zero-order chi connectivity index (χ0) is 20.4. The molecule has 1 aliphatic rings. The van der Waals surface area contributed by atoms with Gasteiger partial charge < -0.3 is 15.7 Å². The molecule has 0 aliphatic carbocycles. The van der Waals surface area contributed by atoms with Gasteiger partial charge in [-0.3, -0.25) is 4.79 Å². The van der Waals surface area contributed by atoms with Crippen molar-refractivity contribution in [2.24, 2.45) is 5.92 Å². The van der Waals surface area contributed by atoms with Crippen molar-refractivity contribution in [2.45, 2.75) is 20.0 Å². The molecule has 1 fully saturated rings. The molecule has 1 saturated heterocycles. The lowest BCUT2D eigenvalue weighted by molar-refractivity contribution is 0.0927. The fourth-order valence-electron chi connectivity index (χ4n) is 3.78. The van der Waals surface area contributed by atoms with E-state index < -0.39 is 6.10 Å². The highest BCUT2D eigenvalue weighted by atomic mass is 35.5. The summed E-state index contributed by atoms with van der Waals surface area (Å²) in [6, 6.07) is 15.9. The van der Waals surface area contributed by atoms with Crippen molar-refractivity contribution >= 4 is 18.3 Å². The van der Waals surface area contributed by atoms with Gasteiger partial charge in [0.2, 0.25) is 0 Å². The number of rotatable bonds is 5. The second-order valence-electron chi connectivity index (χ2n) is 7.69. The van der Waals surface area contributed by atoms with Crippen molar-refractivity contribution in [1.29, 1.82) is 0 Å². The summed E-state index contributed by atoms with van der Waals surface area (Å²) in [6.45, 7) is 5.78. The minimum absolute atomic E-state index is 0. The number of β-amino-alcohol motifs (C(OH)–C–C–N with tert-alkyl or cyclic N) is 1. The SMILES string of the molecule is Cc1ccc(-c2nn(-c3ccccc3)cc2C(=O)NCC2CNCC2O)c(C)c1.Cl. The Bertz CT molecular complexity index is 1020. The molecule has 0 radical (unpaired) electrons. The Balaban J connectivity index is 0.00000256. The molecule has 3 aromatic rings. The number of nitrogens with one attached hydrogen (secondary N) is 2. The summed E-state index contributed by atoms with van der Waals surface area (Å²) in [5, 5.41) is 20.9. The summed E-state index contributed by atoms with van der Waals surface area (Å²) in [6.07, 6.45) is 1.35. The van der Waals surface area contributed by atoms with Crippen molar-refractivity contribution in [3.8, 4) is 16.9 Å². The molecule has 0 saturated carbocycles. The molecule has 2 heterocycles. The molecule has 30 heavy (non-hydrogen) atoms. The molecular weight excluding hydrogens is 400 g/mol. The van der Waals surface area contributed by atoms with E-state index in [1.54, 1.807) is 10.9 Å². The van der Waals surface area contributed by atoms with Crippen molar-refractivity contribution in [2.75, 3.05) is 19.6 Å². The van der Waals surface area contributed by atoms with Crippen LogP contribution in [-0.2, 0) is 0 Å². The van der Waals surface area contributed by atoms with Crippen LogP contribution in [0.15, 0.2) is 54.7 Å². The van der Waals surface area contributed by atoms with Gasteiger partial charge in [-0.05, 0) is 31.5 Å². The fraction of sp³-hybridized carbons (Fsp3) is 0.304. The molecule has 1 aliphatic heterocycles. The van der Waals surface area contributed by atoms with Crippen molar-refractivity contribution in [3.63, 3.8) is 0 Å². The molecule has 6 nitrogen and oxygen atoms in total.